The first-order valence-corrected chi connectivity index (χ1v) is 46.0. The number of carbonyl (C=O) groups is 9. The maximum atomic E-state index is 14.4. The van der Waals surface area contributed by atoms with E-state index in [4.69, 9.17) is 14.2 Å². The van der Waals surface area contributed by atoms with Crippen LogP contribution in [0.15, 0.2) is 114 Å². The van der Waals surface area contributed by atoms with E-state index < -0.39 is 107 Å². The molecule has 28 nitrogen and oxygen atoms in total. The summed E-state index contributed by atoms with van der Waals surface area (Å²) in [5, 5.41) is 44.3. The highest BCUT2D eigenvalue weighted by molar-refractivity contribution is 9.10. The zero-order valence-electron chi connectivity index (χ0n) is 72.9. The number of aromatic amines is 2. The molecule has 19 atom stereocenters. The Balaban J connectivity index is 0.000000119. The molecule has 125 heavy (non-hydrogen) atoms. The Labute approximate surface area is 735 Å². The van der Waals surface area contributed by atoms with Crippen molar-refractivity contribution in [2.24, 2.45) is 35.5 Å². The summed E-state index contributed by atoms with van der Waals surface area (Å²) in [5.41, 5.74) is 10.4. The number of carbonyl (C=O) groups excluding carboxylic acids is 9. The summed E-state index contributed by atoms with van der Waals surface area (Å²) in [6.45, 7) is 17.5. The lowest BCUT2D eigenvalue weighted by molar-refractivity contribution is -0.322. The molecule has 10 saturated heterocycles. The molecule has 16 aliphatic rings. The monoisotopic (exact) mass is 1770 g/mol. The number of benzene rings is 4. The number of aliphatic hydroxyl groups is 3. The zero-order valence-corrected chi connectivity index (χ0v) is 74.5. The average Bonchev–Trinajstić information content (AvgIpc) is 1.51. The first-order valence-electron chi connectivity index (χ1n) is 45.2. The van der Waals surface area contributed by atoms with E-state index >= 15 is 0 Å². The van der Waals surface area contributed by atoms with Gasteiger partial charge in [0.2, 0.25) is 41.0 Å². The highest BCUT2D eigenvalue weighted by atomic mass is 79.9. The second-order valence-electron chi connectivity index (χ2n) is 39.7. The normalized spacial score (nSPS) is 35.2. The molecule has 10 fully saturated rings. The van der Waals surface area contributed by atoms with Crippen molar-refractivity contribution in [2.45, 2.75) is 240 Å². The number of piperidine rings is 1. The van der Waals surface area contributed by atoms with Gasteiger partial charge in [0, 0.05) is 116 Å². The van der Waals surface area contributed by atoms with Crippen molar-refractivity contribution in [1.29, 1.82) is 0 Å². The van der Waals surface area contributed by atoms with E-state index in [2.05, 4.69) is 113 Å². The van der Waals surface area contributed by atoms with Crippen LogP contribution in [0.25, 0.3) is 38.5 Å². The summed E-state index contributed by atoms with van der Waals surface area (Å²) in [6, 6.07) is 24.5. The zero-order chi connectivity index (χ0) is 87.7. The van der Waals surface area contributed by atoms with E-state index in [1.807, 2.05) is 96.4 Å². The van der Waals surface area contributed by atoms with E-state index in [0.717, 1.165) is 94.8 Å². The standard InChI is InChI=1S/C35H39N3O5.C32H40BrN5O5.C29H35N5O5/c1-34(19-29(39)24-17-26-25-11-6-10-22-13-14-23(31(22)25)18-27(26)36(2)20-24)33(41)38-28(16-21-8-4-3-5-9-21)32(40)37-15-7-12-30(37)35(38,42)43-34;1-16(2)12-24-29(40)37-11-7-10-25(37)32(42)38(24)30(41)31(43-32,17(3)4)35-28(39)18-13-20-19-8-6-9-22-26(19)21(27(33)34-22)14-23(20)36(5)15-18;1-15(2)24-26(36)33-10-6-9-22(33)29(38)34(24)27(37)28(3,39-29)31-25(35)17-11-19-18-7-5-8-20-23(18)16(13-30-20)12-21(19)32(4)14-17/h3-6,8-11,14,24,26-28,30,42H,7,12-13,15-20H2,1-2H3;6,8-9,13,16-18,23-25,34,42H,7,10-12,14-15H2,1-5H3,(H,35,39);5,7-8,11,13,15,17,21-22,24,30,38H,6,9-10,12,14H2,1-4H3,(H,31,35)/t24-,26-,27-,28+,30+,34+,35+;18-,23-,24+,25+,31-,32+;17-,21-,22+,24+,28-,29+/m111/s1. The van der Waals surface area contributed by atoms with Crippen LogP contribution < -0.4 is 10.6 Å². The molecule has 4 aromatic carbocycles. The number of likely N-dealkylation sites (tertiary alicyclic amines) is 1. The lowest BCUT2D eigenvalue weighted by Crippen LogP contribution is -2.72. The van der Waals surface area contributed by atoms with Gasteiger partial charge in [-0.1, -0.05) is 133 Å². The van der Waals surface area contributed by atoms with E-state index in [9.17, 15) is 58.5 Å². The van der Waals surface area contributed by atoms with E-state index in [-0.39, 0.29) is 83.9 Å². The van der Waals surface area contributed by atoms with Crippen molar-refractivity contribution >= 4 is 107 Å². The third-order valence-corrected chi connectivity index (χ3v) is 31.5. The Morgan fingerprint density at radius 3 is 1.82 bits per heavy atom. The quantitative estimate of drug-likeness (QED) is 0.0578. The van der Waals surface area contributed by atoms with Gasteiger partial charge in [-0.15, -0.1) is 0 Å². The lowest BCUT2D eigenvalue weighted by Gasteiger charge is -2.49. The van der Waals surface area contributed by atoms with Gasteiger partial charge in [0.25, 0.3) is 35.5 Å². The third-order valence-electron chi connectivity index (χ3n) is 30.9. The Morgan fingerprint density at radius 1 is 0.600 bits per heavy atom. The molecule has 0 bridgehead atoms. The Bertz CT molecular complexity index is 5650. The SMILES string of the molecule is CC(C)C[C@H]1C(=O)N2CCC[C@H]2[C@]2(O)O[C@](NC(=O)[C@@H]3C=C4c5cccc6[nH]c(Br)c(c56)C[C@H]4N(C)C3)(C(C)C)C(=O)N12.CC(C)[C@H]1C(=O)N2CCC[C@H]2[C@]2(O)O[C@@](C)(NC(=O)[C@@H]3C=C4c5cccc6[nH]cc(c56)C[C@H]4N(C)C3)C(=O)N12.CN1C[C@H](C(=O)C[C@]2(C)O[C@@]3(O)[C@@H]4CCCN4C(=O)[C@H](Cc4ccccc4)N3C2=O)C[C@@H]2c3cccc4c3C(=CC4)C[C@H]21. The fourth-order valence-electron chi connectivity index (χ4n) is 25.0. The topological polar surface area (TPSA) is 327 Å². The van der Waals surface area contributed by atoms with Gasteiger partial charge in [-0.3, -0.25) is 77.1 Å². The molecule has 0 radical (unpaired) electrons. The number of ether oxygens (including phenoxy) is 3. The molecular weight excluding hydrogens is 1660 g/mol. The molecule has 29 heteroatoms. The number of Topliss-reactive ketones (excluding diaryl/α,β-unsaturated/α-hetero) is 1. The van der Waals surface area contributed by atoms with Gasteiger partial charge in [0.15, 0.2) is 5.60 Å². The van der Waals surface area contributed by atoms with E-state index in [0.29, 0.717) is 71.0 Å². The number of H-pyrrole nitrogens is 2. The highest BCUT2D eigenvalue weighted by Gasteiger charge is 2.75. The Morgan fingerprint density at radius 2 is 1.18 bits per heavy atom. The van der Waals surface area contributed by atoms with Crippen molar-refractivity contribution in [1.82, 2.24) is 64.7 Å². The minimum Gasteiger partial charge on any atom is -0.361 e. The van der Waals surface area contributed by atoms with Gasteiger partial charge in [-0.25, -0.2) is 0 Å². The van der Waals surface area contributed by atoms with Crippen LogP contribution in [0.5, 0.6) is 0 Å². The first kappa shape index (κ1) is 83.9. The molecule has 22 rings (SSSR count). The fourth-order valence-corrected chi connectivity index (χ4v) is 25.5. The van der Waals surface area contributed by atoms with Crippen molar-refractivity contribution in [3.05, 3.63) is 158 Å². The average molecular weight is 1770 g/mol. The summed E-state index contributed by atoms with van der Waals surface area (Å²) >= 11 is 3.70. The number of nitrogens with one attached hydrogen (secondary N) is 4. The minimum atomic E-state index is -2.01. The maximum Gasteiger partial charge on any atom is 0.281 e. The van der Waals surface area contributed by atoms with Crippen molar-refractivity contribution < 1.29 is 72.7 Å². The third kappa shape index (κ3) is 12.8. The molecule has 8 amide bonds. The van der Waals surface area contributed by atoms with Crippen LogP contribution in [-0.4, -0.2) is 272 Å². The predicted molar refractivity (Wildman–Crippen MR) is 466 cm³/mol. The number of ketones is 1. The molecular formula is C96H114BrN13O15. The van der Waals surface area contributed by atoms with Crippen LogP contribution >= 0.6 is 15.9 Å². The van der Waals surface area contributed by atoms with Gasteiger partial charge < -0.3 is 60.3 Å². The summed E-state index contributed by atoms with van der Waals surface area (Å²) in [7, 11) is 6.15. The number of aromatic nitrogens is 2. The van der Waals surface area contributed by atoms with Crippen LogP contribution in [-0.2, 0) is 83.0 Å². The van der Waals surface area contributed by atoms with Crippen molar-refractivity contribution in [2.75, 3.05) is 60.4 Å². The summed E-state index contributed by atoms with van der Waals surface area (Å²) in [4.78, 5) is 148. The molecule has 6 aromatic rings. The van der Waals surface area contributed by atoms with Crippen molar-refractivity contribution in [3.8, 4) is 0 Å². The minimum absolute atomic E-state index is 0.0206. The van der Waals surface area contributed by atoms with Crippen LogP contribution in [0.2, 0.25) is 0 Å². The second-order valence-corrected chi connectivity index (χ2v) is 40.5. The number of allylic oxidation sites excluding steroid dienone is 1. The number of hydrogen-bond acceptors (Lipinski definition) is 18. The van der Waals surface area contributed by atoms with Gasteiger partial charge in [0.05, 0.1) is 16.4 Å². The Hall–Kier alpha value is -9.27. The van der Waals surface area contributed by atoms with Crippen molar-refractivity contribution in [3.63, 3.8) is 0 Å². The summed E-state index contributed by atoms with van der Waals surface area (Å²) in [6.07, 6.45) is 17.2. The van der Waals surface area contributed by atoms with Crippen LogP contribution in [0.1, 0.15) is 170 Å². The van der Waals surface area contributed by atoms with Crippen LogP contribution in [0.4, 0.5) is 0 Å². The molecule has 0 spiro atoms. The number of hydrogen-bond donors (Lipinski definition) is 7. The number of nitrogens with zero attached hydrogens (tertiary/aromatic N) is 9. The molecule has 2 aromatic heterocycles. The molecule has 0 saturated carbocycles. The molecule has 0 unspecified atom stereocenters. The molecule has 660 valence electrons. The largest absolute Gasteiger partial charge is 0.361 e. The number of rotatable bonds is 13. The fraction of sp³-hybridized carbons (Fsp3) is 0.552. The number of piperazine rings is 3. The maximum absolute atomic E-state index is 14.4. The second kappa shape index (κ2) is 30.2. The summed E-state index contributed by atoms with van der Waals surface area (Å²) < 4.78 is 19.9. The van der Waals surface area contributed by atoms with Gasteiger partial charge in [0.1, 0.15) is 42.0 Å². The predicted octanol–water partition coefficient (Wildman–Crippen LogP) is 7.87. The van der Waals surface area contributed by atoms with E-state index in [1.54, 1.807) is 35.5 Å². The van der Waals surface area contributed by atoms with Gasteiger partial charge in [-0.05, 0) is 213 Å². The molecule has 12 aliphatic heterocycles. The van der Waals surface area contributed by atoms with Gasteiger partial charge in [-0.2, -0.15) is 0 Å². The first-order chi connectivity index (χ1) is 59.6. The molecule has 4 aliphatic carbocycles. The number of fused-ring (bicyclic) bond motifs is 15. The molecule has 7 N–H and O–H groups in total. The van der Waals surface area contributed by atoms with Crippen LogP contribution in [0, 0.1) is 35.5 Å². The lowest BCUT2D eigenvalue weighted by atomic mass is 9.69. The number of likely N-dealkylation sites (N-methyl/N-ethyl adjacent to an activating group) is 3. The number of halogens is 1. The highest BCUT2D eigenvalue weighted by Crippen LogP contribution is 2.55. The Kier molecular flexibility index (Phi) is 20.3. The smallest absolute Gasteiger partial charge is 0.281 e. The summed E-state index contributed by atoms with van der Waals surface area (Å²) in [5.74, 6) is -10.5. The molecule has 14 heterocycles. The van der Waals surface area contributed by atoms with E-state index in [1.165, 1.54) is 65.8 Å². The number of amides is 8. The van der Waals surface area contributed by atoms with Gasteiger partial charge >= 0.3 is 0 Å². The van der Waals surface area contributed by atoms with Crippen LogP contribution in [0.3, 0.4) is 0 Å².